The van der Waals surface area contributed by atoms with E-state index in [4.69, 9.17) is 9.47 Å². The number of carbonyl (C=O) groups excluding carboxylic acids is 2. The molecule has 6 aliphatic rings. The number of carboxylic acid groups (broad SMARTS) is 1. The second-order valence-electron chi connectivity index (χ2n) is 13.0. The molecule has 0 radical (unpaired) electrons. The number of hydrogen-bond acceptors (Lipinski definition) is 5. The van der Waals surface area contributed by atoms with Gasteiger partial charge in [0.15, 0.2) is 11.6 Å². The number of benzene rings is 1. The van der Waals surface area contributed by atoms with Crippen LogP contribution in [-0.2, 0) is 9.59 Å². The van der Waals surface area contributed by atoms with Gasteiger partial charge in [-0.05, 0) is 69.8 Å². The molecule has 212 valence electrons. The summed E-state index contributed by atoms with van der Waals surface area (Å²) in [6, 6.07) is 2.09. The highest BCUT2D eigenvalue weighted by Crippen LogP contribution is 2.63. The molecule has 2 amide bonds. The van der Waals surface area contributed by atoms with E-state index in [1.807, 2.05) is 0 Å². The summed E-state index contributed by atoms with van der Waals surface area (Å²) in [5, 5.41) is 15.6. The fourth-order valence-corrected chi connectivity index (χ4v) is 7.96. The third-order valence-corrected chi connectivity index (χ3v) is 10.2. The first-order valence-corrected chi connectivity index (χ1v) is 14.0. The van der Waals surface area contributed by atoms with Gasteiger partial charge < -0.3 is 25.2 Å². The van der Waals surface area contributed by atoms with Gasteiger partial charge in [0, 0.05) is 36.9 Å². The maximum atomic E-state index is 14.9. The second kappa shape index (κ2) is 9.06. The van der Waals surface area contributed by atoms with E-state index in [1.165, 1.54) is 13.2 Å². The van der Waals surface area contributed by atoms with Gasteiger partial charge in [-0.3, -0.25) is 14.4 Å². The number of carboxylic acids is 1. The van der Waals surface area contributed by atoms with Crippen LogP contribution in [0.2, 0.25) is 0 Å². The number of hydrogen-bond donors (Lipinski definition) is 3. The van der Waals surface area contributed by atoms with Crippen LogP contribution in [0.15, 0.2) is 12.1 Å². The van der Waals surface area contributed by atoms with Crippen LogP contribution in [0, 0.1) is 29.0 Å². The van der Waals surface area contributed by atoms with Crippen molar-refractivity contribution in [2.45, 2.75) is 94.5 Å². The van der Waals surface area contributed by atoms with Crippen LogP contribution in [0.25, 0.3) is 0 Å². The Bertz CT molecular complexity index is 1190. The predicted molar refractivity (Wildman–Crippen MR) is 136 cm³/mol. The Kier molecular flexibility index (Phi) is 6.11. The molecule has 1 aromatic rings. The normalized spacial score (nSPS) is 39.7. The Balaban J connectivity index is 1.16. The summed E-state index contributed by atoms with van der Waals surface area (Å²) in [5.74, 6) is -2.17. The highest BCUT2D eigenvalue weighted by Gasteiger charge is 2.70. The molecule has 0 aliphatic heterocycles. The van der Waals surface area contributed by atoms with Crippen molar-refractivity contribution >= 4 is 17.8 Å². The number of rotatable bonds is 8. The van der Waals surface area contributed by atoms with Gasteiger partial charge >= 0.3 is 5.97 Å². The molecular formula is C29H36F2N2O6. The molecule has 0 saturated heterocycles. The molecule has 1 aromatic carbocycles. The number of fused-ring (bicyclic) bond motifs is 2. The van der Waals surface area contributed by atoms with E-state index in [0.717, 1.165) is 25.3 Å². The highest BCUT2D eigenvalue weighted by molar-refractivity contribution is 5.98. The average Bonchev–Trinajstić information content (AvgIpc) is 3.46. The number of ether oxygens (including phenoxy) is 2. The molecule has 4 bridgehead atoms. The maximum Gasteiger partial charge on any atom is 0.309 e. The third-order valence-electron chi connectivity index (χ3n) is 10.2. The molecule has 7 rings (SSSR count). The largest absolute Gasteiger partial charge is 0.496 e. The zero-order valence-electron chi connectivity index (χ0n) is 22.4. The fourth-order valence-electron chi connectivity index (χ4n) is 7.96. The van der Waals surface area contributed by atoms with Gasteiger partial charge in [0.25, 0.3) is 5.91 Å². The van der Waals surface area contributed by atoms with Gasteiger partial charge in [-0.2, -0.15) is 0 Å². The summed E-state index contributed by atoms with van der Waals surface area (Å²) < 4.78 is 40.2. The zero-order chi connectivity index (χ0) is 27.7. The zero-order valence-corrected chi connectivity index (χ0v) is 22.4. The maximum absolute atomic E-state index is 14.9. The average molecular weight is 547 g/mol. The summed E-state index contributed by atoms with van der Waals surface area (Å²) in [7, 11) is 1.36. The summed E-state index contributed by atoms with van der Waals surface area (Å²) in [5.41, 5.74) is -2.24. The van der Waals surface area contributed by atoms with Gasteiger partial charge in [-0.15, -0.1) is 0 Å². The molecule has 3 N–H and O–H groups in total. The van der Waals surface area contributed by atoms with Crippen LogP contribution in [0.4, 0.5) is 8.78 Å². The van der Waals surface area contributed by atoms with Crippen molar-refractivity contribution in [1.29, 1.82) is 0 Å². The standard InChI is InChI=1S/C29H36F2N2O6/c1-27(26(36)37)7-5-17(6-8-27)39-21-10-18(20(38-2)11-19(21)30)24(34)32-23-16-4-3-15(9-16)22(23)25(35)33-29-12-28(31,13-29)14-29/h10-11,15-17,22-23H,3-9,12-14H2,1-2H3,(H,32,34)(H,33,35)(H,36,37)/t15-,16+,17?,22+,23-,27?,28?,29?/m1/s1. The molecule has 6 fully saturated rings. The van der Waals surface area contributed by atoms with Gasteiger partial charge in [0.2, 0.25) is 5.91 Å². The molecule has 6 saturated carbocycles. The van der Waals surface area contributed by atoms with E-state index in [9.17, 15) is 28.3 Å². The Hall–Kier alpha value is -2.91. The first kappa shape index (κ1) is 26.3. The smallest absolute Gasteiger partial charge is 0.309 e. The summed E-state index contributed by atoms with van der Waals surface area (Å²) >= 11 is 0. The van der Waals surface area contributed by atoms with E-state index < -0.39 is 34.3 Å². The highest BCUT2D eigenvalue weighted by atomic mass is 19.1. The minimum absolute atomic E-state index is 0.0608. The molecule has 0 heterocycles. The molecule has 0 aromatic heterocycles. The minimum Gasteiger partial charge on any atom is -0.496 e. The molecule has 6 aliphatic carbocycles. The molecular weight excluding hydrogens is 510 g/mol. The lowest BCUT2D eigenvalue weighted by Crippen LogP contribution is -2.77. The summed E-state index contributed by atoms with van der Waals surface area (Å²) in [6.07, 6.45) is 5.20. The van der Waals surface area contributed by atoms with Gasteiger partial charge in [0.1, 0.15) is 11.4 Å². The molecule has 4 atom stereocenters. The van der Waals surface area contributed by atoms with Crippen molar-refractivity contribution < 1.29 is 37.7 Å². The number of aliphatic carboxylic acids is 1. The topological polar surface area (TPSA) is 114 Å². The Morgan fingerprint density at radius 2 is 1.69 bits per heavy atom. The van der Waals surface area contributed by atoms with E-state index in [-0.39, 0.29) is 52.9 Å². The van der Waals surface area contributed by atoms with Crippen molar-refractivity contribution in [1.82, 2.24) is 10.6 Å². The number of nitrogens with one attached hydrogen (secondary N) is 2. The third kappa shape index (κ3) is 4.43. The van der Waals surface area contributed by atoms with Crippen molar-refractivity contribution in [3.05, 3.63) is 23.5 Å². The molecule has 0 unspecified atom stereocenters. The monoisotopic (exact) mass is 546 g/mol. The van der Waals surface area contributed by atoms with Crippen LogP contribution in [0.3, 0.4) is 0 Å². The van der Waals surface area contributed by atoms with Crippen LogP contribution < -0.4 is 20.1 Å². The molecule has 10 heteroatoms. The molecule has 0 spiro atoms. The number of alkyl halides is 1. The number of methoxy groups -OCH3 is 1. The van der Waals surface area contributed by atoms with Gasteiger partial charge in [0.05, 0.1) is 30.1 Å². The first-order chi connectivity index (χ1) is 18.4. The second-order valence-corrected chi connectivity index (χ2v) is 13.0. The first-order valence-electron chi connectivity index (χ1n) is 14.0. The summed E-state index contributed by atoms with van der Waals surface area (Å²) in [6.45, 7) is 1.71. The number of carbonyl (C=O) groups is 3. The van der Waals surface area contributed by atoms with Crippen molar-refractivity contribution in [3.63, 3.8) is 0 Å². The van der Waals surface area contributed by atoms with E-state index in [0.29, 0.717) is 44.9 Å². The van der Waals surface area contributed by atoms with Crippen molar-refractivity contribution in [2.75, 3.05) is 7.11 Å². The summed E-state index contributed by atoms with van der Waals surface area (Å²) in [4.78, 5) is 38.4. The van der Waals surface area contributed by atoms with Gasteiger partial charge in [-0.1, -0.05) is 0 Å². The SMILES string of the molecule is COc1cc(F)c(OC2CCC(C)(C(=O)O)CC2)cc1C(=O)N[C@@H]1[C@H]2CC[C@H](C2)[C@@H]1C(=O)NC12CC(F)(C1)C2. The molecule has 8 nitrogen and oxygen atoms in total. The predicted octanol–water partition coefficient (Wildman–Crippen LogP) is 4.15. The van der Waals surface area contributed by atoms with Crippen LogP contribution in [-0.4, -0.2) is 53.4 Å². The lowest BCUT2D eigenvalue weighted by atomic mass is 9.47. The van der Waals surface area contributed by atoms with E-state index in [1.54, 1.807) is 6.92 Å². The Morgan fingerprint density at radius 1 is 1.03 bits per heavy atom. The minimum atomic E-state index is -1.11. The number of amides is 2. The lowest BCUT2D eigenvalue weighted by Gasteiger charge is -2.66. The Morgan fingerprint density at radius 3 is 2.31 bits per heavy atom. The van der Waals surface area contributed by atoms with E-state index in [2.05, 4.69) is 10.6 Å². The van der Waals surface area contributed by atoms with Crippen LogP contribution >= 0.6 is 0 Å². The fraction of sp³-hybridized carbons (Fsp3) is 0.690. The van der Waals surface area contributed by atoms with Gasteiger partial charge in [-0.25, -0.2) is 8.78 Å². The quantitative estimate of drug-likeness (QED) is 0.452. The number of halogens is 2. The van der Waals surface area contributed by atoms with Crippen LogP contribution in [0.5, 0.6) is 11.5 Å². The van der Waals surface area contributed by atoms with Crippen molar-refractivity contribution in [3.8, 4) is 11.5 Å². The lowest BCUT2D eigenvalue weighted by molar-refractivity contribution is -0.177. The van der Waals surface area contributed by atoms with Crippen LogP contribution in [0.1, 0.15) is 81.5 Å². The Labute approximate surface area is 226 Å². The van der Waals surface area contributed by atoms with Crippen molar-refractivity contribution in [2.24, 2.45) is 23.2 Å². The van der Waals surface area contributed by atoms with E-state index >= 15 is 0 Å². The molecule has 39 heavy (non-hydrogen) atoms.